The first-order chi connectivity index (χ1) is 8.79. The second kappa shape index (κ2) is 10.1. The zero-order chi connectivity index (χ0) is 13.1. The smallest absolute Gasteiger partial charge is 0.0591 e. The van der Waals surface area contributed by atoms with Gasteiger partial charge in [0.2, 0.25) is 0 Å². The van der Waals surface area contributed by atoms with E-state index in [9.17, 15) is 0 Å². The van der Waals surface area contributed by atoms with E-state index >= 15 is 0 Å². The second-order valence-electron chi connectivity index (χ2n) is 5.13. The summed E-state index contributed by atoms with van der Waals surface area (Å²) in [5.41, 5.74) is 1.35. The van der Waals surface area contributed by atoms with Crippen molar-refractivity contribution in [3.63, 3.8) is 0 Å². The number of hydrogen-bond donors (Lipinski definition) is 1. The summed E-state index contributed by atoms with van der Waals surface area (Å²) >= 11 is 0. The maximum Gasteiger partial charge on any atom is 0.0591 e. The highest BCUT2D eigenvalue weighted by molar-refractivity contribution is 5.14. The molecule has 0 unspecified atom stereocenters. The van der Waals surface area contributed by atoms with E-state index in [4.69, 9.17) is 4.74 Å². The average molecular weight is 249 g/mol. The van der Waals surface area contributed by atoms with E-state index in [0.29, 0.717) is 0 Å². The molecule has 2 heteroatoms. The van der Waals surface area contributed by atoms with Gasteiger partial charge in [-0.3, -0.25) is 0 Å². The van der Waals surface area contributed by atoms with Crippen LogP contribution in [0.5, 0.6) is 0 Å². The Balaban J connectivity index is 1.84. The number of nitrogens with one attached hydrogen (secondary N) is 1. The van der Waals surface area contributed by atoms with Gasteiger partial charge in [-0.2, -0.15) is 0 Å². The maximum absolute atomic E-state index is 5.60. The molecule has 102 valence electrons. The van der Waals surface area contributed by atoms with Crippen LogP contribution in [0.1, 0.15) is 32.3 Å². The van der Waals surface area contributed by atoms with Crippen LogP contribution in [0.3, 0.4) is 0 Å². The van der Waals surface area contributed by atoms with Crippen molar-refractivity contribution >= 4 is 0 Å². The van der Waals surface area contributed by atoms with Crippen molar-refractivity contribution in [2.45, 2.75) is 33.1 Å². The lowest BCUT2D eigenvalue weighted by Crippen LogP contribution is -2.21. The lowest BCUT2D eigenvalue weighted by molar-refractivity contribution is 0.139. The highest BCUT2D eigenvalue weighted by Gasteiger charge is 1.94. The maximum atomic E-state index is 5.60. The molecule has 18 heavy (non-hydrogen) atoms. The molecule has 1 aromatic rings. The van der Waals surface area contributed by atoms with Crippen LogP contribution in [0.25, 0.3) is 0 Å². The van der Waals surface area contributed by atoms with Crippen LogP contribution in [0.4, 0.5) is 0 Å². The molecule has 0 spiro atoms. The third-order valence-corrected chi connectivity index (χ3v) is 2.94. The molecule has 0 atom stereocenters. The standard InChI is InChI=1S/C16H27NO/c1-15(2)7-6-11-17-12-14-18-13-10-16-8-4-3-5-9-16/h3-5,8-9,15,17H,6-7,10-14H2,1-2H3. The molecule has 2 nitrogen and oxygen atoms in total. The van der Waals surface area contributed by atoms with Crippen LogP contribution in [-0.2, 0) is 11.2 Å². The van der Waals surface area contributed by atoms with Gasteiger partial charge in [-0.05, 0) is 37.3 Å². The Morgan fingerprint density at radius 1 is 1.06 bits per heavy atom. The monoisotopic (exact) mass is 249 g/mol. The average Bonchev–Trinajstić information content (AvgIpc) is 2.37. The predicted molar refractivity (Wildman–Crippen MR) is 77.9 cm³/mol. The minimum Gasteiger partial charge on any atom is -0.380 e. The van der Waals surface area contributed by atoms with Crippen LogP contribution < -0.4 is 5.32 Å². The lowest BCUT2D eigenvalue weighted by atomic mass is 10.1. The molecular weight excluding hydrogens is 222 g/mol. The van der Waals surface area contributed by atoms with E-state index in [-0.39, 0.29) is 0 Å². The molecule has 0 heterocycles. The van der Waals surface area contributed by atoms with Gasteiger partial charge in [0.25, 0.3) is 0 Å². The molecule has 1 rings (SSSR count). The molecule has 0 radical (unpaired) electrons. The van der Waals surface area contributed by atoms with Gasteiger partial charge in [0, 0.05) is 6.54 Å². The Morgan fingerprint density at radius 2 is 1.83 bits per heavy atom. The van der Waals surface area contributed by atoms with E-state index in [1.807, 2.05) is 6.07 Å². The molecule has 0 amide bonds. The first kappa shape index (κ1) is 15.2. The summed E-state index contributed by atoms with van der Waals surface area (Å²) in [4.78, 5) is 0. The fourth-order valence-corrected chi connectivity index (χ4v) is 1.84. The largest absolute Gasteiger partial charge is 0.380 e. The number of hydrogen-bond acceptors (Lipinski definition) is 2. The third-order valence-electron chi connectivity index (χ3n) is 2.94. The summed E-state index contributed by atoms with van der Waals surface area (Å²) in [6.45, 7) is 8.25. The van der Waals surface area contributed by atoms with E-state index in [2.05, 4.69) is 43.4 Å². The van der Waals surface area contributed by atoms with Crippen molar-refractivity contribution < 1.29 is 4.74 Å². The van der Waals surface area contributed by atoms with Gasteiger partial charge in [0.05, 0.1) is 13.2 Å². The van der Waals surface area contributed by atoms with Crippen molar-refractivity contribution in [1.82, 2.24) is 5.32 Å². The van der Waals surface area contributed by atoms with Gasteiger partial charge in [-0.25, -0.2) is 0 Å². The SMILES string of the molecule is CC(C)CCCNCCOCCc1ccccc1. The predicted octanol–water partition coefficient (Wildman–Crippen LogP) is 3.27. The third kappa shape index (κ3) is 8.26. The van der Waals surface area contributed by atoms with Gasteiger partial charge < -0.3 is 10.1 Å². The summed E-state index contributed by atoms with van der Waals surface area (Å²) in [6.07, 6.45) is 3.58. The van der Waals surface area contributed by atoms with E-state index in [0.717, 1.165) is 38.6 Å². The summed E-state index contributed by atoms with van der Waals surface area (Å²) in [7, 11) is 0. The Labute approximate surface area is 112 Å². The Bertz CT molecular complexity index is 284. The number of rotatable bonds is 10. The second-order valence-corrected chi connectivity index (χ2v) is 5.13. The summed E-state index contributed by atoms with van der Waals surface area (Å²) in [6, 6.07) is 10.5. The Kier molecular flexibility index (Phi) is 8.53. The molecule has 0 fully saturated rings. The molecule has 0 aliphatic heterocycles. The van der Waals surface area contributed by atoms with Gasteiger partial charge >= 0.3 is 0 Å². The lowest BCUT2D eigenvalue weighted by Gasteiger charge is -2.07. The van der Waals surface area contributed by atoms with Crippen LogP contribution >= 0.6 is 0 Å². The molecule has 0 aliphatic rings. The molecule has 1 aromatic carbocycles. The molecule has 0 aliphatic carbocycles. The van der Waals surface area contributed by atoms with Crippen LogP contribution in [0.15, 0.2) is 30.3 Å². The molecule has 0 aromatic heterocycles. The van der Waals surface area contributed by atoms with E-state index < -0.39 is 0 Å². The number of benzene rings is 1. The molecule has 0 saturated carbocycles. The van der Waals surface area contributed by atoms with Gasteiger partial charge in [0.1, 0.15) is 0 Å². The van der Waals surface area contributed by atoms with Crippen molar-refractivity contribution in [1.29, 1.82) is 0 Å². The van der Waals surface area contributed by atoms with Crippen molar-refractivity contribution in [3.8, 4) is 0 Å². The topological polar surface area (TPSA) is 21.3 Å². The fraction of sp³-hybridized carbons (Fsp3) is 0.625. The fourth-order valence-electron chi connectivity index (χ4n) is 1.84. The number of ether oxygens (including phenoxy) is 1. The highest BCUT2D eigenvalue weighted by Crippen LogP contribution is 2.01. The zero-order valence-electron chi connectivity index (χ0n) is 11.8. The summed E-state index contributed by atoms with van der Waals surface area (Å²) in [5, 5.41) is 3.41. The summed E-state index contributed by atoms with van der Waals surface area (Å²) in [5.74, 6) is 0.814. The molecule has 0 saturated heterocycles. The van der Waals surface area contributed by atoms with E-state index in [1.54, 1.807) is 0 Å². The minimum atomic E-state index is 0.814. The Morgan fingerprint density at radius 3 is 2.56 bits per heavy atom. The van der Waals surface area contributed by atoms with Crippen molar-refractivity contribution in [2.24, 2.45) is 5.92 Å². The normalized spacial score (nSPS) is 11.1. The van der Waals surface area contributed by atoms with Crippen molar-refractivity contribution in [2.75, 3.05) is 26.3 Å². The molecule has 1 N–H and O–H groups in total. The first-order valence-electron chi connectivity index (χ1n) is 7.11. The van der Waals surface area contributed by atoms with E-state index in [1.165, 1.54) is 18.4 Å². The first-order valence-corrected chi connectivity index (χ1v) is 7.11. The van der Waals surface area contributed by atoms with Crippen molar-refractivity contribution in [3.05, 3.63) is 35.9 Å². The van der Waals surface area contributed by atoms with Crippen LogP contribution in [0, 0.1) is 5.92 Å². The zero-order valence-corrected chi connectivity index (χ0v) is 11.8. The highest BCUT2D eigenvalue weighted by atomic mass is 16.5. The quantitative estimate of drug-likeness (QED) is 0.643. The minimum absolute atomic E-state index is 0.814. The molecular formula is C16H27NO. The summed E-state index contributed by atoms with van der Waals surface area (Å²) < 4.78 is 5.60. The Hall–Kier alpha value is -0.860. The van der Waals surface area contributed by atoms with Gasteiger partial charge in [-0.1, -0.05) is 44.2 Å². The van der Waals surface area contributed by atoms with Crippen LogP contribution in [-0.4, -0.2) is 26.3 Å². The molecule has 0 bridgehead atoms. The van der Waals surface area contributed by atoms with Gasteiger partial charge in [0.15, 0.2) is 0 Å². The van der Waals surface area contributed by atoms with Crippen LogP contribution in [0.2, 0.25) is 0 Å². The van der Waals surface area contributed by atoms with Gasteiger partial charge in [-0.15, -0.1) is 0 Å².